The third-order valence-electron chi connectivity index (χ3n) is 3.89. The van der Waals surface area contributed by atoms with Gasteiger partial charge in [-0.3, -0.25) is 0 Å². The Morgan fingerprint density at radius 1 is 1.21 bits per heavy atom. The van der Waals surface area contributed by atoms with Crippen LogP contribution >= 0.6 is 0 Å². The van der Waals surface area contributed by atoms with E-state index >= 15 is 0 Å². The molecule has 14 heavy (non-hydrogen) atoms. The van der Waals surface area contributed by atoms with Gasteiger partial charge in [0.05, 0.1) is 0 Å². The number of rotatable bonds is 3. The zero-order chi connectivity index (χ0) is 9.80. The summed E-state index contributed by atoms with van der Waals surface area (Å²) in [5.41, 5.74) is 0. The number of unbranched alkanes of at least 4 members (excludes halogenated alkanes) is 1. The Kier molecular flexibility index (Phi) is 3.48. The minimum Gasteiger partial charge on any atom is -0.300 e. The second-order valence-corrected chi connectivity index (χ2v) is 4.74. The lowest BCUT2D eigenvalue weighted by atomic mass is 9.85. The van der Waals surface area contributed by atoms with E-state index in [1.54, 1.807) is 0 Å². The Morgan fingerprint density at radius 3 is 2.93 bits per heavy atom. The highest BCUT2D eigenvalue weighted by molar-refractivity contribution is 4.90. The Morgan fingerprint density at radius 2 is 2.07 bits per heavy atom. The lowest BCUT2D eigenvalue weighted by molar-refractivity contribution is 0.181. The first-order valence-corrected chi connectivity index (χ1v) is 6.09. The van der Waals surface area contributed by atoms with E-state index in [4.69, 9.17) is 6.42 Å². The van der Waals surface area contributed by atoms with Gasteiger partial charge in [-0.25, -0.2) is 0 Å². The minimum atomic E-state index is 0.918. The molecule has 2 fully saturated rings. The van der Waals surface area contributed by atoms with E-state index in [0.717, 1.165) is 18.4 Å². The van der Waals surface area contributed by atoms with Crippen molar-refractivity contribution in [3.05, 3.63) is 0 Å². The summed E-state index contributed by atoms with van der Waals surface area (Å²) >= 11 is 0. The molecule has 0 N–H and O–H groups in total. The lowest BCUT2D eigenvalue weighted by Crippen LogP contribution is -2.35. The van der Waals surface area contributed by atoms with Crippen LogP contribution in [-0.4, -0.2) is 24.0 Å². The van der Waals surface area contributed by atoms with Crippen LogP contribution in [0, 0.1) is 18.3 Å². The molecule has 1 saturated heterocycles. The number of nitrogens with zero attached hydrogens (tertiary/aromatic N) is 1. The van der Waals surface area contributed by atoms with Crippen LogP contribution in [0.5, 0.6) is 0 Å². The topological polar surface area (TPSA) is 3.24 Å². The van der Waals surface area contributed by atoms with Crippen molar-refractivity contribution >= 4 is 0 Å². The Hall–Kier alpha value is -0.480. The highest BCUT2D eigenvalue weighted by Crippen LogP contribution is 2.35. The fourth-order valence-electron chi connectivity index (χ4n) is 3.16. The van der Waals surface area contributed by atoms with Crippen LogP contribution in [-0.2, 0) is 0 Å². The largest absolute Gasteiger partial charge is 0.300 e. The molecule has 0 aromatic rings. The average Bonchev–Trinajstić information content (AvgIpc) is 2.63. The number of likely N-dealkylation sites (tertiary alicyclic amines) is 1. The summed E-state index contributed by atoms with van der Waals surface area (Å²) in [5.74, 6) is 3.76. The van der Waals surface area contributed by atoms with Gasteiger partial charge in [-0.05, 0) is 44.7 Å². The summed E-state index contributed by atoms with van der Waals surface area (Å²) in [6.45, 7) is 2.57. The summed E-state index contributed by atoms with van der Waals surface area (Å²) < 4.78 is 0. The summed E-state index contributed by atoms with van der Waals surface area (Å²) in [5, 5.41) is 0. The van der Waals surface area contributed by atoms with Crippen LogP contribution in [0.4, 0.5) is 0 Å². The molecule has 0 radical (unpaired) electrons. The van der Waals surface area contributed by atoms with Crippen LogP contribution in [0.25, 0.3) is 0 Å². The van der Waals surface area contributed by atoms with E-state index in [1.165, 1.54) is 51.6 Å². The standard InChI is InChI=1S/C13H21N/c1-2-3-6-10-14-11-9-12-7-4-5-8-13(12)14/h1,12-13H,3-11H2. The molecule has 1 nitrogen and oxygen atoms in total. The van der Waals surface area contributed by atoms with Crippen LogP contribution < -0.4 is 0 Å². The molecule has 2 aliphatic rings. The van der Waals surface area contributed by atoms with Gasteiger partial charge in [0.15, 0.2) is 0 Å². The van der Waals surface area contributed by atoms with Crippen molar-refractivity contribution in [1.29, 1.82) is 0 Å². The van der Waals surface area contributed by atoms with Gasteiger partial charge in [-0.15, -0.1) is 12.3 Å². The third kappa shape index (κ3) is 2.12. The molecular weight excluding hydrogens is 170 g/mol. The van der Waals surface area contributed by atoms with E-state index in [0.29, 0.717) is 0 Å². The first-order chi connectivity index (χ1) is 6.92. The number of hydrogen-bond acceptors (Lipinski definition) is 1. The second-order valence-electron chi connectivity index (χ2n) is 4.74. The molecule has 1 heteroatoms. The van der Waals surface area contributed by atoms with E-state index in [1.807, 2.05) is 0 Å². The number of hydrogen-bond donors (Lipinski definition) is 0. The van der Waals surface area contributed by atoms with Gasteiger partial charge in [0, 0.05) is 12.5 Å². The fourth-order valence-corrected chi connectivity index (χ4v) is 3.16. The predicted molar refractivity (Wildman–Crippen MR) is 60.0 cm³/mol. The van der Waals surface area contributed by atoms with Crippen LogP contribution in [0.1, 0.15) is 44.9 Å². The highest BCUT2D eigenvalue weighted by atomic mass is 15.2. The van der Waals surface area contributed by atoms with Crippen molar-refractivity contribution in [3.8, 4) is 12.3 Å². The zero-order valence-electron chi connectivity index (χ0n) is 9.04. The van der Waals surface area contributed by atoms with Crippen molar-refractivity contribution in [2.75, 3.05) is 13.1 Å². The molecular formula is C13H21N. The molecule has 1 aliphatic heterocycles. The van der Waals surface area contributed by atoms with E-state index < -0.39 is 0 Å². The molecule has 1 saturated carbocycles. The third-order valence-corrected chi connectivity index (χ3v) is 3.89. The molecule has 2 unspecified atom stereocenters. The monoisotopic (exact) mass is 191 g/mol. The number of terminal acetylenes is 1. The maximum atomic E-state index is 5.28. The molecule has 1 aliphatic carbocycles. The molecule has 0 bridgehead atoms. The SMILES string of the molecule is C#CCCCN1CCC2CCCCC21. The molecule has 0 spiro atoms. The Labute approximate surface area is 87.9 Å². The smallest absolute Gasteiger partial charge is 0.0124 e. The zero-order valence-corrected chi connectivity index (χ0v) is 9.04. The first-order valence-electron chi connectivity index (χ1n) is 6.09. The van der Waals surface area contributed by atoms with Crippen LogP contribution in [0.3, 0.4) is 0 Å². The second kappa shape index (κ2) is 4.84. The predicted octanol–water partition coefficient (Wildman–Crippen LogP) is 2.66. The normalized spacial score (nSPS) is 32.5. The van der Waals surface area contributed by atoms with E-state index in [2.05, 4.69) is 10.8 Å². The summed E-state index contributed by atoms with van der Waals surface area (Å²) in [6.07, 6.45) is 14.7. The van der Waals surface area contributed by atoms with Gasteiger partial charge < -0.3 is 4.90 Å². The van der Waals surface area contributed by atoms with Crippen LogP contribution in [0.2, 0.25) is 0 Å². The van der Waals surface area contributed by atoms with Gasteiger partial charge in [0.1, 0.15) is 0 Å². The average molecular weight is 191 g/mol. The molecule has 2 atom stereocenters. The molecule has 78 valence electrons. The Bertz CT molecular complexity index is 216. The van der Waals surface area contributed by atoms with Crippen LogP contribution in [0.15, 0.2) is 0 Å². The first kappa shape index (κ1) is 10.1. The van der Waals surface area contributed by atoms with Gasteiger partial charge in [0.25, 0.3) is 0 Å². The van der Waals surface area contributed by atoms with E-state index in [-0.39, 0.29) is 0 Å². The maximum Gasteiger partial charge on any atom is 0.0124 e. The Balaban J connectivity index is 1.79. The van der Waals surface area contributed by atoms with E-state index in [9.17, 15) is 0 Å². The van der Waals surface area contributed by atoms with Crippen molar-refractivity contribution in [2.24, 2.45) is 5.92 Å². The maximum absolute atomic E-state index is 5.28. The fraction of sp³-hybridized carbons (Fsp3) is 0.846. The van der Waals surface area contributed by atoms with Crippen molar-refractivity contribution < 1.29 is 0 Å². The minimum absolute atomic E-state index is 0.918. The van der Waals surface area contributed by atoms with Gasteiger partial charge in [-0.2, -0.15) is 0 Å². The van der Waals surface area contributed by atoms with Crippen molar-refractivity contribution in [3.63, 3.8) is 0 Å². The summed E-state index contributed by atoms with van der Waals surface area (Å²) in [4.78, 5) is 2.70. The quantitative estimate of drug-likeness (QED) is 0.489. The molecule has 0 aromatic heterocycles. The van der Waals surface area contributed by atoms with Gasteiger partial charge >= 0.3 is 0 Å². The van der Waals surface area contributed by atoms with Gasteiger partial charge in [0.2, 0.25) is 0 Å². The molecule has 2 rings (SSSR count). The van der Waals surface area contributed by atoms with Crippen molar-refractivity contribution in [2.45, 2.75) is 51.0 Å². The molecule has 0 aromatic carbocycles. The summed E-state index contributed by atoms with van der Waals surface area (Å²) in [7, 11) is 0. The summed E-state index contributed by atoms with van der Waals surface area (Å²) in [6, 6.07) is 0.918. The van der Waals surface area contributed by atoms with Crippen molar-refractivity contribution in [1.82, 2.24) is 4.90 Å². The lowest BCUT2D eigenvalue weighted by Gasteiger charge is -2.31. The number of fused-ring (bicyclic) bond motifs is 1. The molecule has 0 amide bonds. The highest BCUT2D eigenvalue weighted by Gasteiger charge is 2.34. The molecule has 1 heterocycles. The van der Waals surface area contributed by atoms with Gasteiger partial charge in [-0.1, -0.05) is 12.8 Å².